The van der Waals surface area contributed by atoms with Gasteiger partial charge in [-0.25, -0.2) is 21.2 Å². The van der Waals surface area contributed by atoms with Gasteiger partial charge in [-0.1, -0.05) is 0 Å². The molecule has 0 saturated carbocycles. The minimum absolute atomic E-state index is 0.000466. The summed E-state index contributed by atoms with van der Waals surface area (Å²) < 4.78 is 74.5. The topological polar surface area (TPSA) is 107 Å². The van der Waals surface area contributed by atoms with Gasteiger partial charge in [-0.05, 0) is 24.6 Å². The number of ether oxygens (including phenoxy) is 2. The second-order valence-corrected chi connectivity index (χ2v) is 12.1. The molecule has 3 aliphatic rings. The number of rotatable bonds is 3. The molecule has 0 bridgehead atoms. The molecule has 1 aromatic carbocycles. The summed E-state index contributed by atoms with van der Waals surface area (Å²) in [6, 6.07) is 3.04. The van der Waals surface area contributed by atoms with Crippen LogP contribution in [0, 0.1) is 5.82 Å². The number of hydrogen-bond donors (Lipinski definition) is 0. The minimum Gasteiger partial charge on any atom is -0.347 e. The average Bonchev–Trinajstić information content (AvgIpc) is 3.28. The number of benzene rings is 1. The van der Waals surface area contributed by atoms with Crippen molar-refractivity contribution in [1.82, 2.24) is 4.90 Å². The van der Waals surface area contributed by atoms with Crippen LogP contribution in [0.1, 0.15) is 29.6 Å². The molecule has 0 N–H and O–H groups in total. The van der Waals surface area contributed by atoms with Gasteiger partial charge in [0.25, 0.3) is 5.91 Å². The van der Waals surface area contributed by atoms with E-state index < -0.39 is 48.2 Å². The molecule has 3 aliphatic heterocycles. The molecule has 11 heteroatoms. The normalized spacial score (nSPS) is 26.1. The van der Waals surface area contributed by atoms with Crippen LogP contribution in [-0.2, 0) is 29.1 Å². The molecule has 0 aromatic heterocycles. The fourth-order valence-electron chi connectivity index (χ4n) is 4.05. The van der Waals surface area contributed by atoms with Crippen LogP contribution in [0.2, 0.25) is 0 Å². The fourth-order valence-corrected chi connectivity index (χ4v) is 8.43. The number of carbonyl (C=O) groups is 1. The van der Waals surface area contributed by atoms with E-state index >= 15 is 0 Å². The van der Waals surface area contributed by atoms with Crippen molar-refractivity contribution < 1.29 is 35.5 Å². The number of hydrogen-bond acceptors (Lipinski definition) is 7. The van der Waals surface area contributed by atoms with Crippen molar-refractivity contribution in [3.63, 3.8) is 0 Å². The molecule has 29 heavy (non-hydrogen) atoms. The van der Waals surface area contributed by atoms with Gasteiger partial charge in [0.15, 0.2) is 25.5 Å². The summed E-state index contributed by atoms with van der Waals surface area (Å²) in [5, 5.41) is -1.08. The molecule has 1 aromatic rings. The molecule has 1 spiro atoms. The maximum Gasteiger partial charge on any atom is 0.256 e. The Morgan fingerprint density at radius 1 is 1.17 bits per heavy atom. The SMILES string of the molecule is O=C(c1cc(S(=O)(=O)[C@H]2CCS(=O)(=O)C2)ccc1F)N1CCC2(CC1)OCCO2. The van der Waals surface area contributed by atoms with Crippen molar-refractivity contribution in [3.8, 4) is 0 Å². The van der Waals surface area contributed by atoms with Crippen LogP contribution in [0.4, 0.5) is 4.39 Å². The number of carbonyl (C=O) groups excluding carboxylic acids is 1. The van der Waals surface area contributed by atoms with Gasteiger partial charge in [0, 0.05) is 25.9 Å². The zero-order chi connectivity index (χ0) is 20.9. The lowest BCUT2D eigenvalue weighted by atomic mass is 10.0. The third-order valence-corrected chi connectivity index (χ3v) is 9.92. The van der Waals surface area contributed by atoms with Gasteiger partial charge in [0.05, 0.1) is 40.4 Å². The Morgan fingerprint density at radius 2 is 1.83 bits per heavy atom. The summed E-state index contributed by atoms with van der Waals surface area (Å²) in [5.74, 6) is -2.75. The van der Waals surface area contributed by atoms with Gasteiger partial charge in [0.1, 0.15) is 5.82 Å². The van der Waals surface area contributed by atoms with E-state index in [2.05, 4.69) is 0 Å². The first-order chi connectivity index (χ1) is 13.6. The second kappa shape index (κ2) is 7.29. The first-order valence-corrected chi connectivity index (χ1v) is 12.8. The summed E-state index contributed by atoms with van der Waals surface area (Å²) in [6.45, 7) is 1.60. The average molecular weight is 448 g/mol. The summed E-state index contributed by atoms with van der Waals surface area (Å²) in [6.07, 6.45) is 0.913. The molecule has 0 aliphatic carbocycles. The van der Waals surface area contributed by atoms with E-state index in [1.807, 2.05) is 0 Å². The molecule has 4 rings (SSSR count). The van der Waals surface area contributed by atoms with Crippen molar-refractivity contribution in [2.45, 2.75) is 35.2 Å². The van der Waals surface area contributed by atoms with Gasteiger partial charge >= 0.3 is 0 Å². The van der Waals surface area contributed by atoms with Crippen LogP contribution in [0.5, 0.6) is 0 Å². The molecule has 0 unspecified atom stereocenters. The molecule has 160 valence electrons. The van der Waals surface area contributed by atoms with E-state index in [1.165, 1.54) is 4.90 Å². The molecule has 3 heterocycles. The van der Waals surface area contributed by atoms with Crippen molar-refractivity contribution in [2.75, 3.05) is 37.8 Å². The van der Waals surface area contributed by atoms with E-state index in [0.29, 0.717) is 39.1 Å². The summed E-state index contributed by atoms with van der Waals surface area (Å²) in [5.41, 5.74) is -0.337. The minimum atomic E-state index is -3.99. The Bertz CT molecular complexity index is 1020. The van der Waals surface area contributed by atoms with E-state index in [9.17, 15) is 26.0 Å². The van der Waals surface area contributed by atoms with Crippen LogP contribution in [-0.4, -0.2) is 76.5 Å². The highest BCUT2D eigenvalue weighted by Crippen LogP contribution is 2.32. The lowest BCUT2D eigenvalue weighted by Gasteiger charge is -2.37. The summed E-state index contributed by atoms with van der Waals surface area (Å²) in [7, 11) is -7.39. The van der Waals surface area contributed by atoms with E-state index in [-0.39, 0.29) is 22.6 Å². The monoisotopic (exact) mass is 447 g/mol. The Balaban J connectivity index is 1.55. The van der Waals surface area contributed by atoms with Crippen LogP contribution < -0.4 is 0 Å². The Kier molecular flexibility index (Phi) is 5.21. The molecular weight excluding hydrogens is 425 g/mol. The van der Waals surface area contributed by atoms with Crippen molar-refractivity contribution in [1.29, 1.82) is 0 Å². The number of likely N-dealkylation sites (tertiary alicyclic amines) is 1. The van der Waals surface area contributed by atoms with Crippen molar-refractivity contribution in [2.24, 2.45) is 0 Å². The Hall–Kier alpha value is -1.56. The Labute approximate surface area is 168 Å². The van der Waals surface area contributed by atoms with Crippen LogP contribution in [0.3, 0.4) is 0 Å². The van der Waals surface area contributed by atoms with Crippen molar-refractivity contribution >= 4 is 25.6 Å². The fraction of sp³-hybridized carbons (Fsp3) is 0.611. The molecule has 3 saturated heterocycles. The smallest absolute Gasteiger partial charge is 0.256 e. The molecule has 0 radical (unpaired) electrons. The standard InChI is InChI=1S/C18H22FNO7S2/c19-16-2-1-13(29(24,25)14-3-10-28(22,23)12-14)11-15(16)17(21)20-6-4-18(5-7-20)26-8-9-27-18/h1-2,11,14H,3-10,12H2/t14-/m0/s1. The number of nitrogens with zero attached hydrogens (tertiary/aromatic N) is 1. The van der Waals surface area contributed by atoms with Crippen molar-refractivity contribution in [3.05, 3.63) is 29.6 Å². The number of sulfone groups is 2. The van der Waals surface area contributed by atoms with E-state index in [1.54, 1.807) is 0 Å². The second-order valence-electron chi connectivity index (χ2n) is 7.61. The number of halogens is 1. The van der Waals surface area contributed by atoms with E-state index in [4.69, 9.17) is 9.47 Å². The zero-order valence-electron chi connectivity index (χ0n) is 15.7. The lowest BCUT2D eigenvalue weighted by molar-refractivity contribution is -0.181. The number of amides is 1. The quantitative estimate of drug-likeness (QED) is 0.630. The maximum atomic E-state index is 14.4. The third kappa shape index (κ3) is 3.92. The first kappa shape index (κ1) is 20.7. The number of piperidine rings is 1. The molecule has 8 nitrogen and oxygen atoms in total. The first-order valence-electron chi connectivity index (χ1n) is 9.43. The van der Waals surface area contributed by atoms with Gasteiger partial charge in [-0.15, -0.1) is 0 Å². The predicted molar refractivity (Wildman–Crippen MR) is 100 cm³/mol. The highest BCUT2D eigenvalue weighted by atomic mass is 32.2. The predicted octanol–water partition coefficient (Wildman–Crippen LogP) is 0.766. The Morgan fingerprint density at radius 3 is 2.41 bits per heavy atom. The van der Waals surface area contributed by atoms with Crippen LogP contribution in [0.25, 0.3) is 0 Å². The zero-order valence-corrected chi connectivity index (χ0v) is 17.3. The molecular formula is C18H22FNO7S2. The lowest BCUT2D eigenvalue weighted by Crippen LogP contribution is -2.47. The van der Waals surface area contributed by atoms with Crippen LogP contribution >= 0.6 is 0 Å². The van der Waals surface area contributed by atoms with Gasteiger partial charge in [-0.3, -0.25) is 4.79 Å². The molecule has 1 atom stereocenters. The van der Waals surface area contributed by atoms with Gasteiger partial charge < -0.3 is 14.4 Å². The summed E-state index contributed by atoms with van der Waals surface area (Å²) in [4.78, 5) is 14.1. The highest BCUT2D eigenvalue weighted by molar-refractivity contribution is 7.96. The van der Waals surface area contributed by atoms with Crippen LogP contribution in [0.15, 0.2) is 23.1 Å². The maximum absolute atomic E-state index is 14.4. The largest absolute Gasteiger partial charge is 0.347 e. The molecule has 1 amide bonds. The van der Waals surface area contributed by atoms with Gasteiger partial charge in [0.2, 0.25) is 0 Å². The summed E-state index contributed by atoms with van der Waals surface area (Å²) >= 11 is 0. The third-order valence-electron chi connectivity index (χ3n) is 5.75. The molecule has 3 fully saturated rings. The van der Waals surface area contributed by atoms with Gasteiger partial charge in [-0.2, -0.15) is 0 Å². The highest BCUT2D eigenvalue weighted by Gasteiger charge is 2.42. The van der Waals surface area contributed by atoms with E-state index in [0.717, 1.165) is 18.2 Å².